The molecule has 22 heavy (non-hydrogen) atoms. The molecule has 5 nitrogen and oxygen atoms in total. The van der Waals surface area contributed by atoms with Gasteiger partial charge in [-0.05, 0) is 38.8 Å². The van der Waals surface area contributed by atoms with Crippen molar-refractivity contribution in [2.45, 2.75) is 45.7 Å². The molecular formula is C17H23N3O2. The normalized spacial score (nSPS) is 19.3. The first kappa shape index (κ1) is 15.0. The highest BCUT2D eigenvalue weighted by Gasteiger charge is 2.26. The monoisotopic (exact) mass is 301 g/mol. The maximum atomic E-state index is 5.40. The van der Waals surface area contributed by atoms with Gasteiger partial charge >= 0.3 is 0 Å². The van der Waals surface area contributed by atoms with Gasteiger partial charge in [0.1, 0.15) is 11.5 Å². The van der Waals surface area contributed by atoms with Crippen LogP contribution in [-0.2, 0) is 6.54 Å². The summed E-state index contributed by atoms with van der Waals surface area (Å²) in [6, 6.07) is 6.44. The van der Waals surface area contributed by atoms with Crippen molar-refractivity contribution in [3.63, 3.8) is 0 Å². The van der Waals surface area contributed by atoms with Crippen molar-refractivity contribution in [2.75, 3.05) is 13.2 Å². The Morgan fingerprint density at radius 1 is 1.36 bits per heavy atom. The molecule has 0 bridgehead atoms. The van der Waals surface area contributed by atoms with E-state index in [1.54, 1.807) is 0 Å². The quantitative estimate of drug-likeness (QED) is 0.846. The number of hydrogen-bond acceptors (Lipinski definition) is 5. The first-order chi connectivity index (χ1) is 10.8. The number of hydrogen-bond donors (Lipinski definition) is 0. The summed E-state index contributed by atoms with van der Waals surface area (Å²) in [6.07, 6.45) is 5.52. The molecule has 1 aliphatic heterocycles. The van der Waals surface area contributed by atoms with E-state index in [-0.39, 0.29) is 0 Å². The van der Waals surface area contributed by atoms with E-state index in [2.05, 4.69) is 27.2 Å². The minimum absolute atomic E-state index is 0.345. The largest absolute Gasteiger partial charge is 0.478 e. The van der Waals surface area contributed by atoms with Crippen molar-refractivity contribution in [3.05, 3.63) is 41.4 Å². The van der Waals surface area contributed by atoms with Crippen molar-refractivity contribution in [1.29, 1.82) is 0 Å². The van der Waals surface area contributed by atoms with Gasteiger partial charge < -0.3 is 9.26 Å². The molecule has 0 amide bonds. The fourth-order valence-corrected chi connectivity index (χ4v) is 3.03. The first-order valence-corrected chi connectivity index (χ1v) is 8.01. The zero-order valence-electron chi connectivity index (χ0n) is 13.3. The number of piperidine rings is 1. The fraction of sp³-hybridized carbons (Fsp3) is 0.529. The summed E-state index contributed by atoms with van der Waals surface area (Å²) >= 11 is 0. The standard InChI is InChI=1S/C17H23N3O2/c1-3-21-17-8-7-14(11-18-17)12-20-9-5-4-6-16(20)15-10-13(2)22-19-15/h7-8,10-11,16H,3-6,9,12H2,1-2H3/t16-/m0/s1. The molecular weight excluding hydrogens is 278 g/mol. The number of likely N-dealkylation sites (tertiary alicyclic amines) is 1. The minimum Gasteiger partial charge on any atom is -0.478 e. The number of aryl methyl sites for hydroxylation is 1. The topological polar surface area (TPSA) is 51.4 Å². The van der Waals surface area contributed by atoms with Crippen molar-refractivity contribution in [1.82, 2.24) is 15.0 Å². The summed E-state index contributed by atoms with van der Waals surface area (Å²) in [7, 11) is 0. The second-order valence-electron chi connectivity index (χ2n) is 5.78. The van der Waals surface area contributed by atoms with E-state index in [0.717, 1.165) is 31.0 Å². The maximum Gasteiger partial charge on any atom is 0.213 e. The van der Waals surface area contributed by atoms with Gasteiger partial charge in [0.05, 0.1) is 12.6 Å². The molecule has 1 aliphatic rings. The molecule has 0 unspecified atom stereocenters. The van der Waals surface area contributed by atoms with E-state index in [4.69, 9.17) is 9.26 Å². The van der Waals surface area contributed by atoms with Gasteiger partial charge in [0.15, 0.2) is 0 Å². The van der Waals surface area contributed by atoms with Gasteiger partial charge in [-0.3, -0.25) is 4.90 Å². The summed E-state index contributed by atoms with van der Waals surface area (Å²) in [5.74, 6) is 1.57. The molecule has 3 heterocycles. The van der Waals surface area contributed by atoms with Crippen LogP contribution in [-0.4, -0.2) is 28.2 Å². The van der Waals surface area contributed by atoms with Crippen LogP contribution in [0, 0.1) is 6.92 Å². The van der Waals surface area contributed by atoms with Crippen molar-refractivity contribution in [3.8, 4) is 5.88 Å². The highest BCUT2D eigenvalue weighted by atomic mass is 16.5. The second-order valence-corrected chi connectivity index (χ2v) is 5.78. The number of aromatic nitrogens is 2. The Hall–Kier alpha value is -1.88. The molecule has 3 rings (SSSR count). The summed E-state index contributed by atoms with van der Waals surface area (Å²) in [5.41, 5.74) is 2.26. The molecule has 0 saturated carbocycles. The van der Waals surface area contributed by atoms with Gasteiger partial charge in [-0.25, -0.2) is 4.98 Å². The first-order valence-electron chi connectivity index (χ1n) is 8.01. The maximum absolute atomic E-state index is 5.40. The molecule has 1 atom stereocenters. The van der Waals surface area contributed by atoms with Crippen molar-refractivity contribution in [2.24, 2.45) is 0 Å². The lowest BCUT2D eigenvalue weighted by atomic mass is 9.98. The smallest absolute Gasteiger partial charge is 0.213 e. The number of rotatable bonds is 5. The Balaban J connectivity index is 1.71. The Bertz CT molecular complexity index is 594. The molecule has 0 aliphatic carbocycles. The van der Waals surface area contributed by atoms with E-state index in [0.29, 0.717) is 18.5 Å². The molecule has 0 N–H and O–H groups in total. The SMILES string of the molecule is CCOc1ccc(CN2CCCC[C@H]2c2cc(C)on2)cn1. The average Bonchev–Trinajstić information content (AvgIpc) is 2.96. The molecule has 2 aromatic rings. The van der Waals surface area contributed by atoms with Gasteiger partial charge in [0.2, 0.25) is 5.88 Å². The summed E-state index contributed by atoms with van der Waals surface area (Å²) in [5, 5.41) is 4.22. The lowest BCUT2D eigenvalue weighted by Crippen LogP contribution is -2.33. The molecule has 2 aromatic heterocycles. The van der Waals surface area contributed by atoms with Crippen LogP contribution in [0.5, 0.6) is 5.88 Å². The molecule has 1 fully saturated rings. The number of pyridine rings is 1. The van der Waals surface area contributed by atoms with Gasteiger partial charge in [-0.1, -0.05) is 17.6 Å². The lowest BCUT2D eigenvalue weighted by molar-refractivity contribution is 0.133. The predicted octanol–water partition coefficient (Wildman–Crippen LogP) is 3.50. The van der Waals surface area contributed by atoms with E-state index in [1.165, 1.54) is 18.4 Å². The fourth-order valence-electron chi connectivity index (χ4n) is 3.03. The highest BCUT2D eigenvalue weighted by Crippen LogP contribution is 2.31. The Kier molecular flexibility index (Phi) is 4.73. The Morgan fingerprint density at radius 2 is 2.27 bits per heavy atom. The van der Waals surface area contributed by atoms with Crippen LogP contribution < -0.4 is 4.74 Å². The molecule has 1 saturated heterocycles. The zero-order valence-corrected chi connectivity index (χ0v) is 13.3. The Labute approximate surface area is 131 Å². The van der Waals surface area contributed by atoms with Crippen LogP contribution in [0.4, 0.5) is 0 Å². The lowest BCUT2D eigenvalue weighted by Gasteiger charge is -2.34. The second kappa shape index (κ2) is 6.92. The third-order valence-electron chi connectivity index (χ3n) is 4.08. The zero-order chi connectivity index (χ0) is 15.4. The third kappa shape index (κ3) is 3.47. The van der Waals surface area contributed by atoms with Crippen LogP contribution >= 0.6 is 0 Å². The third-order valence-corrected chi connectivity index (χ3v) is 4.08. The van der Waals surface area contributed by atoms with E-state index in [1.807, 2.05) is 26.1 Å². The van der Waals surface area contributed by atoms with Gasteiger partial charge in [0, 0.05) is 24.9 Å². The number of ether oxygens (including phenoxy) is 1. The predicted molar refractivity (Wildman–Crippen MR) is 83.6 cm³/mol. The van der Waals surface area contributed by atoms with Gasteiger partial charge in [-0.15, -0.1) is 0 Å². The summed E-state index contributed by atoms with van der Waals surface area (Å²) < 4.78 is 10.7. The molecule has 0 radical (unpaired) electrons. The molecule has 118 valence electrons. The van der Waals surface area contributed by atoms with Crippen molar-refractivity contribution < 1.29 is 9.26 Å². The minimum atomic E-state index is 0.345. The molecule has 5 heteroatoms. The summed E-state index contributed by atoms with van der Waals surface area (Å²) in [4.78, 5) is 6.82. The van der Waals surface area contributed by atoms with Gasteiger partial charge in [-0.2, -0.15) is 0 Å². The van der Waals surface area contributed by atoms with E-state index >= 15 is 0 Å². The van der Waals surface area contributed by atoms with Crippen LogP contribution in [0.1, 0.15) is 49.2 Å². The van der Waals surface area contributed by atoms with Gasteiger partial charge in [0.25, 0.3) is 0 Å². The molecule has 0 aromatic carbocycles. The van der Waals surface area contributed by atoms with Crippen LogP contribution in [0.15, 0.2) is 28.9 Å². The Morgan fingerprint density at radius 3 is 2.95 bits per heavy atom. The van der Waals surface area contributed by atoms with Crippen molar-refractivity contribution >= 4 is 0 Å². The number of nitrogens with zero attached hydrogens (tertiary/aromatic N) is 3. The van der Waals surface area contributed by atoms with E-state index in [9.17, 15) is 0 Å². The summed E-state index contributed by atoms with van der Waals surface area (Å²) in [6.45, 7) is 6.53. The van der Waals surface area contributed by atoms with Crippen LogP contribution in [0.25, 0.3) is 0 Å². The molecule has 0 spiro atoms. The average molecular weight is 301 g/mol. The van der Waals surface area contributed by atoms with E-state index < -0.39 is 0 Å². The van der Waals surface area contributed by atoms with Crippen LogP contribution in [0.2, 0.25) is 0 Å². The highest BCUT2D eigenvalue weighted by molar-refractivity contribution is 5.18. The van der Waals surface area contributed by atoms with Crippen LogP contribution in [0.3, 0.4) is 0 Å².